The van der Waals surface area contributed by atoms with Gasteiger partial charge in [0.05, 0.1) is 24.5 Å². The summed E-state index contributed by atoms with van der Waals surface area (Å²) >= 11 is 0. The van der Waals surface area contributed by atoms with E-state index in [1.54, 1.807) is 0 Å². The molecule has 6 nitrogen and oxygen atoms in total. The van der Waals surface area contributed by atoms with Gasteiger partial charge in [-0.15, -0.1) is 0 Å². The van der Waals surface area contributed by atoms with Crippen LogP contribution in [0.4, 0.5) is 11.4 Å². The second-order valence-corrected chi connectivity index (χ2v) is 7.37. The summed E-state index contributed by atoms with van der Waals surface area (Å²) in [4.78, 5) is 27.4. The van der Waals surface area contributed by atoms with E-state index in [9.17, 15) is 4.79 Å². The lowest BCUT2D eigenvalue weighted by Gasteiger charge is -2.48. The number of aryl methyl sites for hydroxylation is 1. The minimum absolute atomic E-state index is 0.0552. The van der Waals surface area contributed by atoms with Crippen molar-refractivity contribution < 1.29 is 14.6 Å². The molecular weight excluding hydrogens is 318 g/mol. The largest absolute Gasteiger partial charge is 0.397 e. The lowest BCUT2D eigenvalue weighted by atomic mass is 9.81. The molecule has 0 aromatic heterocycles. The number of amides is 1. The molecule has 2 N–H and O–H groups in total. The molecule has 2 unspecified atom stereocenters. The number of nitrogen functional groups attached to an aromatic ring is 1. The maximum atomic E-state index is 12.5. The summed E-state index contributed by atoms with van der Waals surface area (Å²) in [5.41, 5.74) is 8.38. The van der Waals surface area contributed by atoms with Gasteiger partial charge < -0.3 is 15.5 Å². The average molecular weight is 347 g/mol. The predicted molar refractivity (Wildman–Crippen MR) is 98.2 cm³/mol. The van der Waals surface area contributed by atoms with Crippen molar-refractivity contribution in [2.45, 2.75) is 38.7 Å². The van der Waals surface area contributed by atoms with Crippen LogP contribution in [0, 0.1) is 12.8 Å². The Morgan fingerprint density at radius 2 is 2.24 bits per heavy atom. The van der Waals surface area contributed by atoms with Crippen molar-refractivity contribution in [2.75, 3.05) is 43.9 Å². The number of rotatable bonds is 4. The van der Waals surface area contributed by atoms with E-state index in [-0.39, 0.29) is 5.91 Å². The number of anilines is 2. The third kappa shape index (κ3) is 3.60. The first kappa shape index (κ1) is 18.0. The molecule has 0 saturated carbocycles. The van der Waals surface area contributed by atoms with Crippen molar-refractivity contribution >= 4 is 17.3 Å². The fourth-order valence-electron chi connectivity index (χ4n) is 3.93. The molecule has 0 aliphatic carbocycles. The predicted octanol–water partition coefficient (Wildman–Crippen LogP) is 2.36. The Balaban J connectivity index is 1.71. The first-order chi connectivity index (χ1) is 11.9. The summed E-state index contributed by atoms with van der Waals surface area (Å²) in [5, 5.41) is 0. The number of nitrogens with zero attached hydrogens (tertiary/aromatic N) is 2. The molecule has 2 fully saturated rings. The molecule has 2 aliphatic rings. The summed E-state index contributed by atoms with van der Waals surface area (Å²) in [6, 6.07) is 6.09. The summed E-state index contributed by atoms with van der Waals surface area (Å²) in [6.45, 7) is 6.77. The summed E-state index contributed by atoms with van der Waals surface area (Å²) in [6.07, 6.45) is 2.64. The Kier molecular flexibility index (Phi) is 5.20. The molecule has 138 valence electrons. The number of hydrogen-bond acceptors (Lipinski definition) is 5. The van der Waals surface area contributed by atoms with E-state index >= 15 is 0 Å². The van der Waals surface area contributed by atoms with E-state index < -0.39 is 5.60 Å². The number of benzene rings is 1. The van der Waals surface area contributed by atoms with Crippen molar-refractivity contribution in [3.8, 4) is 0 Å². The van der Waals surface area contributed by atoms with Crippen molar-refractivity contribution in [3.63, 3.8) is 0 Å². The summed E-state index contributed by atoms with van der Waals surface area (Å²) in [5.74, 6) is 0.413. The minimum atomic E-state index is -0.792. The minimum Gasteiger partial charge on any atom is -0.397 e. The average Bonchev–Trinajstić information content (AvgIpc) is 2.57. The van der Waals surface area contributed by atoms with Crippen molar-refractivity contribution in [1.82, 2.24) is 4.90 Å². The van der Waals surface area contributed by atoms with Crippen LogP contribution in [0.1, 0.15) is 31.7 Å². The van der Waals surface area contributed by atoms with Crippen LogP contribution in [0.5, 0.6) is 0 Å². The van der Waals surface area contributed by atoms with Crippen LogP contribution >= 0.6 is 0 Å². The van der Waals surface area contributed by atoms with Gasteiger partial charge in [0.1, 0.15) is 0 Å². The van der Waals surface area contributed by atoms with Gasteiger partial charge in [-0.25, -0.2) is 9.78 Å². The zero-order valence-corrected chi connectivity index (χ0v) is 15.5. The molecule has 2 atom stereocenters. The zero-order chi connectivity index (χ0) is 18.0. The molecule has 1 aromatic rings. The van der Waals surface area contributed by atoms with Crippen LogP contribution in [0.25, 0.3) is 0 Å². The Labute approximate surface area is 149 Å². The van der Waals surface area contributed by atoms with E-state index in [0.29, 0.717) is 32.0 Å². The van der Waals surface area contributed by atoms with E-state index in [0.717, 1.165) is 30.8 Å². The van der Waals surface area contributed by atoms with E-state index in [1.807, 2.05) is 24.0 Å². The van der Waals surface area contributed by atoms with Crippen LogP contribution in [-0.4, -0.2) is 49.7 Å². The van der Waals surface area contributed by atoms with Crippen LogP contribution in [-0.2, 0) is 14.6 Å². The number of β-lactam (4-membered cyclic amide) rings is 1. The van der Waals surface area contributed by atoms with Gasteiger partial charge in [0.25, 0.3) is 5.91 Å². The molecule has 1 spiro atoms. The highest BCUT2D eigenvalue weighted by molar-refractivity contribution is 5.91. The number of likely N-dealkylation sites (N-methyl/N-ethyl adjacent to an activating group) is 1. The number of carbonyl (C=O) groups is 1. The van der Waals surface area contributed by atoms with Crippen LogP contribution in [0.2, 0.25) is 0 Å². The fourth-order valence-corrected chi connectivity index (χ4v) is 3.93. The number of nitrogens with two attached hydrogens (primary N) is 1. The van der Waals surface area contributed by atoms with Crippen LogP contribution < -0.4 is 10.6 Å². The van der Waals surface area contributed by atoms with E-state index in [4.69, 9.17) is 15.5 Å². The Morgan fingerprint density at radius 1 is 1.44 bits per heavy atom. The Bertz CT molecular complexity index is 632. The lowest BCUT2D eigenvalue weighted by Crippen LogP contribution is -2.68. The molecule has 2 saturated heterocycles. The first-order valence-corrected chi connectivity index (χ1v) is 9.12. The maximum absolute atomic E-state index is 12.5. The fraction of sp³-hybridized carbons (Fsp3) is 0.632. The number of hydrogen-bond donors (Lipinski definition) is 1. The van der Waals surface area contributed by atoms with Crippen LogP contribution in [0.3, 0.4) is 0 Å². The smallest absolute Gasteiger partial charge is 0.260 e. The monoisotopic (exact) mass is 347 g/mol. The summed E-state index contributed by atoms with van der Waals surface area (Å²) < 4.78 is 0. The van der Waals surface area contributed by atoms with Gasteiger partial charge in [0.2, 0.25) is 0 Å². The summed E-state index contributed by atoms with van der Waals surface area (Å²) in [7, 11) is 2.06. The molecule has 1 aromatic carbocycles. The quantitative estimate of drug-likeness (QED) is 0.514. The highest BCUT2D eigenvalue weighted by atomic mass is 17.2. The molecule has 6 heteroatoms. The second kappa shape index (κ2) is 7.22. The Hall–Kier alpha value is -1.79. The number of likely N-dealkylation sites (tertiary alicyclic amines) is 1. The molecule has 1 amide bonds. The molecule has 0 bridgehead atoms. The lowest BCUT2D eigenvalue weighted by molar-refractivity contribution is -0.374. The van der Waals surface area contributed by atoms with Gasteiger partial charge in [-0.1, -0.05) is 6.07 Å². The van der Waals surface area contributed by atoms with Crippen molar-refractivity contribution in [3.05, 3.63) is 23.8 Å². The normalized spacial score (nSPS) is 26.9. The topological polar surface area (TPSA) is 68.0 Å². The highest BCUT2D eigenvalue weighted by Crippen LogP contribution is 2.37. The van der Waals surface area contributed by atoms with Gasteiger partial charge in [0, 0.05) is 20.1 Å². The molecule has 25 heavy (non-hydrogen) atoms. The molecule has 0 radical (unpaired) electrons. The van der Waals surface area contributed by atoms with Gasteiger partial charge in [-0.2, -0.15) is 0 Å². The van der Waals surface area contributed by atoms with Crippen LogP contribution in [0.15, 0.2) is 18.2 Å². The molecule has 2 heterocycles. The van der Waals surface area contributed by atoms with E-state index in [1.165, 1.54) is 5.56 Å². The Morgan fingerprint density at radius 3 is 2.96 bits per heavy atom. The van der Waals surface area contributed by atoms with E-state index in [2.05, 4.69) is 24.9 Å². The maximum Gasteiger partial charge on any atom is 0.260 e. The van der Waals surface area contributed by atoms with Gasteiger partial charge in [-0.05, 0) is 56.7 Å². The first-order valence-electron chi connectivity index (χ1n) is 9.12. The standard InChI is InChI=1S/C19H29N3O3/c1-4-22-13-19(18(22)23)11-15(6-5-9-24-25-19)12-21(3)17-10-14(2)7-8-16(17)20/h7-8,10,15H,4-6,9,11-13,20H2,1-3H3. The molecular formula is C19H29N3O3. The SMILES string of the molecule is CCN1CC2(CC(CN(C)c3cc(C)ccc3N)CCCOO2)C1=O. The van der Waals surface area contributed by atoms with Crippen molar-refractivity contribution in [1.29, 1.82) is 0 Å². The highest BCUT2D eigenvalue weighted by Gasteiger charge is 2.55. The molecule has 3 rings (SSSR count). The van der Waals surface area contributed by atoms with Gasteiger partial charge >= 0.3 is 0 Å². The third-order valence-corrected chi connectivity index (χ3v) is 5.31. The zero-order valence-electron chi connectivity index (χ0n) is 15.5. The third-order valence-electron chi connectivity index (χ3n) is 5.31. The van der Waals surface area contributed by atoms with Crippen molar-refractivity contribution in [2.24, 2.45) is 5.92 Å². The van der Waals surface area contributed by atoms with Gasteiger partial charge in [0.15, 0.2) is 5.60 Å². The number of carbonyl (C=O) groups excluding carboxylic acids is 1. The molecule has 2 aliphatic heterocycles. The van der Waals surface area contributed by atoms with Gasteiger partial charge in [-0.3, -0.25) is 4.79 Å². The second-order valence-electron chi connectivity index (χ2n) is 7.37.